The summed E-state index contributed by atoms with van der Waals surface area (Å²) in [5.74, 6) is -3.61. The van der Waals surface area contributed by atoms with Gasteiger partial charge in [0.25, 0.3) is 0 Å². The number of aryl methyl sites for hydroxylation is 6. The molecule has 14 rings (SSSR count). The number of Topliss-reactive ketones (excluding diaryl/α,β-unsaturated/α-hetero) is 3. The molecule has 494 valence electrons. The van der Waals surface area contributed by atoms with Gasteiger partial charge >= 0.3 is 5.97 Å². The number of aliphatic hydroxyl groups is 1. The molecule has 0 fully saturated rings. The normalized spacial score (nSPS) is 17.0. The Bertz CT molecular complexity index is 4360. The summed E-state index contributed by atoms with van der Waals surface area (Å²) in [5, 5.41) is 83.7. The number of nitrogens with two attached hydrogens (primary N) is 2. The number of benzene rings is 4. The predicted molar refractivity (Wildman–Crippen MR) is 365 cm³/mol. The van der Waals surface area contributed by atoms with Gasteiger partial charge in [-0.25, -0.2) is 0 Å². The van der Waals surface area contributed by atoms with Crippen LogP contribution in [-0.2, 0) is 57.7 Å². The van der Waals surface area contributed by atoms with Crippen molar-refractivity contribution in [2.45, 2.75) is 133 Å². The highest BCUT2D eigenvalue weighted by Crippen LogP contribution is 2.41. The first-order valence-corrected chi connectivity index (χ1v) is 35.7. The first kappa shape index (κ1) is 68.1. The molecule has 0 radical (unpaired) electrons. The van der Waals surface area contributed by atoms with Crippen molar-refractivity contribution in [1.82, 2.24) is 61.2 Å². The Morgan fingerprint density at radius 2 is 0.740 bits per heavy atom. The number of fused-ring (bicyclic) bond motifs is 4. The lowest BCUT2D eigenvalue weighted by Crippen LogP contribution is -2.19. The van der Waals surface area contributed by atoms with Crippen LogP contribution in [0.2, 0.25) is 0 Å². The fourth-order valence-corrected chi connectivity index (χ4v) is 15.6. The zero-order chi connectivity index (χ0) is 67.1. The van der Waals surface area contributed by atoms with Crippen molar-refractivity contribution in [2.24, 2.45) is 0 Å². The van der Waals surface area contributed by atoms with Crippen LogP contribution in [0.1, 0.15) is 183 Å². The van der Waals surface area contributed by atoms with Crippen molar-refractivity contribution in [1.29, 1.82) is 0 Å². The number of nitrogen functional groups attached to an aromatic ring is 2. The molecular formula is C64H63N17O9S6. The van der Waals surface area contributed by atoms with E-state index in [9.17, 15) is 38.7 Å². The number of aromatic nitrogens is 12. The molecule has 0 bridgehead atoms. The number of carboxylic acid groups (broad SMARTS) is 1. The first-order chi connectivity index (χ1) is 46.6. The maximum Gasteiger partial charge on any atom is 0.311 e. The van der Waals surface area contributed by atoms with Gasteiger partial charge in [-0.15, -0.1) is 72.5 Å². The number of nitrogens with zero attached hydrogens (tertiary/aromatic N) is 12. The zero-order valence-corrected chi connectivity index (χ0v) is 56.1. The van der Waals surface area contributed by atoms with E-state index in [0.29, 0.717) is 60.8 Å². The van der Waals surface area contributed by atoms with Gasteiger partial charge < -0.3 is 21.7 Å². The molecule has 3 amide bonds. The largest absolute Gasteiger partial charge is 0.481 e. The number of ketones is 3. The van der Waals surface area contributed by atoms with Crippen LogP contribution in [0.3, 0.4) is 0 Å². The lowest BCUT2D eigenvalue weighted by Gasteiger charge is -2.09. The summed E-state index contributed by atoms with van der Waals surface area (Å²) in [6.45, 7) is 0. The van der Waals surface area contributed by atoms with Crippen molar-refractivity contribution >= 4 is 135 Å². The Balaban J connectivity index is 0.000000143. The van der Waals surface area contributed by atoms with Gasteiger partial charge in [-0.1, -0.05) is 154 Å². The van der Waals surface area contributed by atoms with Crippen LogP contribution in [0.15, 0.2) is 103 Å². The number of hydrogen-bond donors (Lipinski definition) is 7. The summed E-state index contributed by atoms with van der Waals surface area (Å²) >= 11 is 8.54. The Morgan fingerprint density at radius 1 is 0.406 bits per heavy atom. The predicted octanol–water partition coefficient (Wildman–Crippen LogP) is 10.2. The number of hydrogen-bond acceptors (Lipinski definition) is 28. The summed E-state index contributed by atoms with van der Waals surface area (Å²) < 4.78 is 0. The molecule has 32 heteroatoms. The Labute approximate surface area is 572 Å². The molecule has 5 unspecified atom stereocenters. The Kier molecular flexibility index (Phi) is 23.0. The number of rotatable bonds is 22. The van der Waals surface area contributed by atoms with Crippen LogP contribution in [-0.4, -0.2) is 112 Å². The van der Waals surface area contributed by atoms with Crippen molar-refractivity contribution in [3.63, 3.8) is 0 Å². The number of aliphatic hydroxyl groups excluding tert-OH is 1. The van der Waals surface area contributed by atoms with Crippen molar-refractivity contribution in [3.8, 4) is 0 Å². The highest BCUT2D eigenvalue weighted by atomic mass is 32.1. The zero-order valence-electron chi connectivity index (χ0n) is 51.2. The smallest absolute Gasteiger partial charge is 0.311 e. The molecule has 4 aliphatic carbocycles. The average Bonchev–Trinajstić information content (AvgIpc) is 1.68. The van der Waals surface area contributed by atoms with Gasteiger partial charge in [0.1, 0.15) is 35.6 Å². The van der Waals surface area contributed by atoms with Crippen molar-refractivity contribution in [3.05, 3.63) is 177 Å². The number of carbonyl (C=O) groups is 7. The maximum atomic E-state index is 12.8. The number of amides is 3. The van der Waals surface area contributed by atoms with Crippen LogP contribution in [0.5, 0.6) is 0 Å². The van der Waals surface area contributed by atoms with E-state index in [2.05, 4.69) is 77.1 Å². The molecule has 96 heavy (non-hydrogen) atoms. The lowest BCUT2D eigenvalue weighted by molar-refractivity contribution is -0.138. The quantitative estimate of drug-likeness (QED) is 0.0310. The van der Waals surface area contributed by atoms with Gasteiger partial charge in [-0.2, -0.15) is 0 Å². The molecule has 9 N–H and O–H groups in total. The SMILES string of the molecule is Nc1nnc(CCCCc2nnc(N)s2)s1.O=C1CC(C(=O)Nc2nnc(CCCCc3nnc(NC(=O)C4CC(O)c5ccccc54)s3)s2)c2ccccc21.O=C1CC(C(=O)Nc2nnc(CCCCc3nncs3)s2)c2ccccc21.O=C1CC(C(=O)O)c2ccccc21. The molecule has 4 aliphatic rings. The summed E-state index contributed by atoms with van der Waals surface area (Å²) in [6, 6.07) is 28.9. The topological polar surface area (TPSA) is 403 Å². The third-order valence-electron chi connectivity index (χ3n) is 16.1. The second-order valence-corrected chi connectivity index (χ2v) is 28.9. The monoisotopic (exact) mass is 1410 g/mol. The fourth-order valence-electron chi connectivity index (χ4n) is 11.4. The second-order valence-electron chi connectivity index (χ2n) is 22.6. The second kappa shape index (κ2) is 32.4. The van der Waals surface area contributed by atoms with E-state index >= 15 is 0 Å². The van der Waals surface area contributed by atoms with Gasteiger partial charge in [0.15, 0.2) is 17.3 Å². The van der Waals surface area contributed by atoms with Crippen LogP contribution >= 0.6 is 68.0 Å². The number of aliphatic carboxylic acids is 1. The molecule has 4 aromatic carbocycles. The molecule has 5 atom stereocenters. The molecule has 6 aromatic heterocycles. The van der Waals surface area contributed by atoms with E-state index in [4.69, 9.17) is 16.6 Å². The van der Waals surface area contributed by atoms with E-state index in [1.807, 2.05) is 54.6 Å². The van der Waals surface area contributed by atoms with Gasteiger partial charge in [0.2, 0.25) is 43.4 Å². The number of unbranched alkanes of at least 4 members (excludes halogenated alkanes) is 3. The molecule has 26 nitrogen and oxygen atoms in total. The van der Waals surface area contributed by atoms with Crippen LogP contribution in [0.4, 0.5) is 25.7 Å². The first-order valence-electron chi connectivity index (χ1n) is 30.8. The van der Waals surface area contributed by atoms with Crippen molar-refractivity contribution < 1.29 is 43.8 Å². The number of carboxylic acids is 1. The standard InChI is InChI=1S/C28H26N6O4S2.C18H17N5O2S2.C10H8O3.C8H12N6S2/c35-21-13-19(15-7-1-3-9-17(15)21)25(37)29-27-33-31-23(39-27)11-5-6-12-24-32-34-28(40-24)30-26(38)20-14-22(36)18-10-4-2-8-16(18)20;24-14-9-13(11-5-1-2-6-12(11)14)17(25)20-18-23-22-16(27-18)8-4-3-7-15-21-19-10-26-15;11-9-5-8(10(12)13)6-3-1-2-4-7(6)9;9-7-13-11-5(15-7)3-1-2-4-6-12-14-8(10)16-6/h1-4,7-10,19-21,35H,5-6,11-14H2,(H,29,33,37)(H,30,34,38);1-2,5-6,10,13H,3-4,7-9H2,(H,20,23,25);1-4,8H,5H2,(H,12,13);1-4H2,(H2,9,13)(H2,10,14). The number of anilines is 5. The van der Waals surface area contributed by atoms with E-state index in [1.165, 1.54) is 56.7 Å². The summed E-state index contributed by atoms with van der Waals surface area (Å²) in [7, 11) is 0. The summed E-state index contributed by atoms with van der Waals surface area (Å²) in [4.78, 5) is 84.5. The summed E-state index contributed by atoms with van der Waals surface area (Å²) in [5.41, 5.74) is 18.4. The highest BCUT2D eigenvalue weighted by Gasteiger charge is 2.38. The molecule has 0 saturated carbocycles. The molecule has 10 aromatic rings. The van der Waals surface area contributed by atoms with Gasteiger partial charge in [-0.05, 0) is 72.8 Å². The minimum atomic E-state index is -0.918. The van der Waals surface area contributed by atoms with Crippen LogP contribution < -0.4 is 27.4 Å². The Hall–Kier alpha value is -9.31. The summed E-state index contributed by atoms with van der Waals surface area (Å²) in [6.07, 6.45) is 11.0. The van der Waals surface area contributed by atoms with E-state index in [-0.39, 0.29) is 54.3 Å². The fraction of sp³-hybridized carbons (Fsp3) is 0.328. The highest BCUT2D eigenvalue weighted by molar-refractivity contribution is 7.16. The molecule has 0 saturated heterocycles. The average molecular weight is 1410 g/mol. The van der Waals surface area contributed by atoms with E-state index in [1.54, 1.807) is 59.3 Å². The van der Waals surface area contributed by atoms with E-state index in [0.717, 1.165) is 123 Å². The van der Waals surface area contributed by atoms with E-state index < -0.39 is 35.7 Å². The number of nitrogens with one attached hydrogen (secondary N) is 3. The van der Waals surface area contributed by atoms with Gasteiger partial charge in [-0.3, -0.25) is 49.5 Å². The van der Waals surface area contributed by atoms with Crippen molar-refractivity contribution in [2.75, 3.05) is 27.4 Å². The third kappa shape index (κ3) is 17.6. The minimum absolute atomic E-state index is 0.0131. The third-order valence-corrected chi connectivity index (χ3v) is 21.1. The number of carbonyl (C=O) groups excluding carboxylic acids is 6. The van der Waals surface area contributed by atoms with Gasteiger partial charge in [0, 0.05) is 74.5 Å². The Morgan fingerprint density at radius 3 is 1.11 bits per heavy atom. The minimum Gasteiger partial charge on any atom is -0.481 e. The van der Waals surface area contributed by atoms with Crippen LogP contribution in [0, 0.1) is 0 Å². The van der Waals surface area contributed by atoms with Crippen LogP contribution in [0.25, 0.3) is 0 Å². The lowest BCUT2D eigenvalue weighted by atomic mass is 10.0. The molecular weight excluding hydrogens is 1340 g/mol. The molecule has 0 aliphatic heterocycles. The molecule has 6 heterocycles. The maximum absolute atomic E-state index is 12.8. The molecule has 0 spiro atoms. The van der Waals surface area contributed by atoms with Gasteiger partial charge in [0.05, 0.1) is 29.8 Å².